The van der Waals surface area contributed by atoms with Crippen molar-refractivity contribution in [3.8, 4) is 5.75 Å². The molecule has 0 amide bonds. The van der Waals surface area contributed by atoms with Gasteiger partial charge in [-0.1, -0.05) is 88.7 Å². The lowest BCUT2D eigenvalue weighted by Crippen LogP contribution is -2.32. The predicted molar refractivity (Wildman–Crippen MR) is 175 cm³/mol. The van der Waals surface area contributed by atoms with Crippen LogP contribution in [0.5, 0.6) is 5.75 Å². The van der Waals surface area contributed by atoms with Crippen molar-refractivity contribution in [2.24, 2.45) is 0 Å². The number of rotatable bonds is 10. The quantitative estimate of drug-likeness (QED) is 0.154. The molecule has 0 atom stereocenters. The van der Waals surface area contributed by atoms with Crippen LogP contribution in [0.2, 0.25) is 0 Å². The number of carbonyl (C=O) groups is 1. The first-order valence-corrected chi connectivity index (χ1v) is 15.6. The highest BCUT2D eigenvalue weighted by atomic mass is 79.9. The van der Waals surface area contributed by atoms with Crippen LogP contribution in [0.25, 0.3) is 0 Å². The number of halogens is 2. The fourth-order valence-corrected chi connectivity index (χ4v) is 9.85. The Bertz CT molecular complexity index is 1450. The predicted octanol–water partition coefficient (Wildman–Crippen LogP) is 7.73. The van der Waals surface area contributed by atoms with Crippen molar-refractivity contribution in [3.63, 3.8) is 0 Å². The molecule has 1 N–H and O–H groups in total. The number of para-hydroxylation sites is 1. The number of hydrogen-bond donors (Lipinski definition) is 1. The van der Waals surface area contributed by atoms with Gasteiger partial charge in [0, 0.05) is 10.0 Å². The van der Waals surface area contributed by atoms with Gasteiger partial charge >= 0.3 is 5.97 Å². The summed E-state index contributed by atoms with van der Waals surface area (Å²) in [6.07, 6.45) is 0.783. The summed E-state index contributed by atoms with van der Waals surface area (Å²) in [6.45, 7) is 0.344. The minimum absolute atomic E-state index is 0. The van der Waals surface area contributed by atoms with Gasteiger partial charge in [0.25, 0.3) is 0 Å². The van der Waals surface area contributed by atoms with Crippen molar-refractivity contribution in [2.75, 3.05) is 0 Å². The second kappa shape index (κ2) is 13.9. The van der Waals surface area contributed by atoms with Gasteiger partial charge in [-0.05, 0) is 71.8 Å². The SMILES string of the molecule is Br.O=C(O)Cc1ccccc1OCc1cc(Br)cc(C[P+](c2ccccc2)(c2ccccc2)c2ccccc2)c1. The van der Waals surface area contributed by atoms with E-state index in [4.69, 9.17) is 4.74 Å². The molecule has 6 heteroatoms. The highest BCUT2D eigenvalue weighted by Gasteiger charge is 2.45. The second-order valence-corrected chi connectivity index (χ2v) is 13.8. The summed E-state index contributed by atoms with van der Waals surface area (Å²) < 4.78 is 7.13. The molecule has 0 aromatic heterocycles. The first-order chi connectivity index (χ1) is 19.0. The van der Waals surface area contributed by atoms with Crippen LogP contribution in [0.3, 0.4) is 0 Å². The summed E-state index contributed by atoms with van der Waals surface area (Å²) in [6, 6.07) is 46.4. The topological polar surface area (TPSA) is 46.5 Å². The molecule has 0 saturated carbocycles. The van der Waals surface area contributed by atoms with Crippen molar-refractivity contribution in [1.82, 2.24) is 0 Å². The van der Waals surface area contributed by atoms with E-state index in [2.05, 4.69) is 125 Å². The molecule has 0 aliphatic carbocycles. The zero-order valence-electron chi connectivity index (χ0n) is 21.8. The van der Waals surface area contributed by atoms with E-state index in [9.17, 15) is 9.90 Å². The molecule has 5 aromatic rings. The van der Waals surface area contributed by atoms with Gasteiger partial charge in [-0.3, -0.25) is 4.79 Å². The van der Waals surface area contributed by atoms with Gasteiger partial charge < -0.3 is 9.84 Å². The standard InChI is InChI=1S/C34H28BrO3P.BrH/c35-29-21-26(24-38-33-19-11-10-12-28(33)23-34(36)37)20-27(22-29)25-39(30-13-4-1-5-14-30,31-15-6-2-7-16-31)32-17-8-3-9-18-32;/h1-22H,23-25H2;1H/p+1. The Kier molecular flexibility index (Phi) is 10.3. The summed E-state index contributed by atoms with van der Waals surface area (Å²) in [7, 11) is -2.04. The fraction of sp³-hybridized carbons (Fsp3) is 0.0882. The summed E-state index contributed by atoms with van der Waals surface area (Å²) >= 11 is 3.74. The number of carboxylic acid groups (broad SMARTS) is 1. The Morgan fingerprint density at radius 3 is 1.68 bits per heavy atom. The maximum absolute atomic E-state index is 11.3. The Hall–Kier alpha value is -3.24. The van der Waals surface area contributed by atoms with E-state index < -0.39 is 13.2 Å². The van der Waals surface area contributed by atoms with Crippen molar-refractivity contribution in [3.05, 3.63) is 155 Å². The molecule has 3 nitrogen and oxygen atoms in total. The Morgan fingerprint density at radius 1 is 0.675 bits per heavy atom. The van der Waals surface area contributed by atoms with E-state index in [1.54, 1.807) is 6.07 Å². The molecule has 0 aliphatic rings. The molecule has 202 valence electrons. The van der Waals surface area contributed by atoms with Crippen molar-refractivity contribution in [1.29, 1.82) is 0 Å². The first kappa shape index (κ1) is 29.7. The molecule has 0 spiro atoms. The van der Waals surface area contributed by atoms with Gasteiger partial charge in [0.2, 0.25) is 0 Å². The van der Waals surface area contributed by atoms with Crippen LogP contribution >= 0.6 is 40.2 Å². The van der Waals surface area contributed by atoms with Crippen LogP contribution in [0, 0.1) is 0 Å². The number of hydrogen-bond acceptors (Lipinski definition) is 2. The minimum Gasteiger partial charge on any atom is -0.489 e. The maximum Gasteiger partial charge on any atom is 0.307 e. The van der Waals surface area contributed by atoms with Crippen LogP contribution in [0.15, 0.2) is 138 Å². The molecule has 0 heterocycles. The van der Waals surface area contributed by atoms with Gasteiger partial charge in [-0.25, -0.2) is 0 Å². The Morgan fingerprint density at radius 2 is 1.15 bits per heavy atom. The van der Waals surface area contributed by atoms with Gasteiger partial charge in [0.1, 0.15) is 35.5 Å². The molecule has 0 aliphatic heterocycles. The molecule has 0 unspecified atom stereocenters. The van der Waals surface area contributed by atoms with Crippen molar-refractivity contribution < 1.29 is 14.6 Å². The molecular weight excluding hydrogens is 647 g/mol. The average Bonchev–Trinajstić information content (AvgIpc) is 2.96. The third kappa shape index (κ3) is 6.90. The van der Waals surface area contributed by atoms with E-state index in [1.807, 2.05) is 18.2 Å². The third-order valence-corrected chi connectivity index (χ3v) is 11.6. The fourth-order valence-electron chi connectivity index (χ4n) is 5.05. The lowest BCUT2D eigenvalue weighted by Gasteiger charge is -2.28. The summed E-state index contributed by atoms with van der Waals surface area (Å²) in [5.41, 5.74) is 2.91. The smallest absolute Gasteiger partial charge is 0.307 e. The molecule has 0 fully saturated rings. The molecule has 5 rings (SSSR count). The lowest BCUT2D eigenvalue weighted by atomic mass is 10.1. The molecule has 5 aromatic carbocycles. The number of aliphatic carboxylic acids is 1. The molecule has 0 radical (unpaired) electrons. The van der Waals surface area contributed by atoms with Gasteiger partial charge in [-0.2, -0.15) is 0 Å². The van der Waals surface area contributed by atoms with E-state index in [0.717, 1.165) is 16.2 Å². The first-order valence-electron chi connectivity index (χ1n) is 12.8. The van der Waals surface area contributed by atoms with E-state index in [1.165, 1.54) is 21.5 Å². The summed E-state index contributed by atoms with van der Waals surface area (Å²) in [4.78, 5) is 11.3. The lowest BCUT2D eigenvalue weighted by molar-refractivity contribution is -0.136. The summed E-state index contributed by atoms with van der Waals surface area (Å²) in [5.74, 6) is -0.278. The van der Waals surface area contributed by atoms with Crippen LogP contribution in [0.4, 0.5) is 0 Å². The van der Waals surface area contributed by atoms with Gasteiger partial charge in [-0.15, -0.1) is 17.0 Å². The van der Waals surface area contributed by atoms with Gasteiger partial charge in [0.15, 0.2) is 0 Å². The minimum atomic E-state index is -2.04. The van der Waals surface area contributed by atoms with Gasteiger partial charge in [0.05, 0.1) is 12.6 Å². The second-order valence-electron chi connectivity index (χ2n) is 9.41. The van der Waals surface area contributed by atoms with E-state index in [0.29, 0.717) is 17.9 Å². The van der Waals surface area contributed by atoms with Crippen LogP contribution in [-0.2, 0) is 24.0 Å². The van der Waals surface area contributed by atoms with E-state index in [-0.39, 0.29) is 23.4 Å². The highest BCUT2D eigenvalue weighted by Crippen LogP contribution is 2.58. The average molecular weight is 677 g/mol. The summed E-state index contributed by atoms with van der Waals surface area (Å²) in [5, 5.41) is 13.3. The van der Waals surface area contributed by atoms with Crippen LogP contribution in [0.1, 0.15) is 16.7 Å². The number of ether oxygens (including phenoxy) is 1. The largest absolute Gasteiger partial charge is 0.489 e. The third-order valence-electron chi connectivity index (χ3n) is 6.74. The monoisotopic (exact) mass is 675 g/mol. The number of carboxylic acids is 1. The highest BCUT2D eigenvalue weighted by molar-refractivity contribution is 9.10. The molecular formula is C34H30Br2O3P+. The zero-order valence-corrected chi connectivity index (χ0v) is 26.0. The number of benzene rings is 5. The normalized spacial score (nSPS) is 10.9. The van der Waals surface area contributed by atoms with Crippen molar-refractivity contribution in [2.45, 2.75) is 19.2 Å². The Labute approximate surface area is 255 Å². The molecule has 40 heavy (non-hydrogen) atoms. The van der Waals surface area contributed by atoms with Crippen molar-refractivity contribution >= 4 is 62.1 Å². The van der Waals surface area contributed by atoms with Crippen LogP contribution < -0.4 is 20.7 Å². The zero-order chi connectivity index (χ0) is 27.1. The van der Waals surface area contributed by atoms with E-state index >= 15 is 0 Å². The molecule has 0 saturated heterocycles. The van der Waals surface area contributed by atoms with Crippen LogP contribution in [-0.4, -0.2) is 11.1 Å². The molecule has 0 bridgehead atoms. The maximum atomic E-state index is 11.3. The Balaban J connectivity index is 0.00000370.